The van der Waals surface area contributed by atoms with Crippen molar-refractivity contribution in [3.05, 3.63) is 295 Å². The highest BCUT2D eigenvalue weighted by Gasteiger charge is 2.46. The van der Waals surface area contributed by atoms with Crippen LogP contribution in [-0.2, 0) is 5.41 Å². The minimum atomic E-state index is -0.565. The maximum Gasteiger partial charge on any atom is 0.135 e. The molecule has 69 heavy (non-hydrogen) atoms. The molecule has 0 unspecified atom stereocenters. The second kappa shape index (κ2) is 16.7. The van der Waals surface area contributed by atoms with Crippen LogP contribution in [0.25, 0.3) is 77.6 Å². The molecule has 0 aliphatic heterocycles. The molecule has 0 saturated carbocycles. The number of hydrogen-bond donors (Lipinski definition) is 0. The number of anilines is 3. The number of nitrogens with zero attached hydrogens (tertiary/aromatic N) is 1. The van der Waals surface area contributed by atoms with Crippen LogP contribution in [0.4, 0.5) is 17.1 Å². The third-order valence-electron chi connectivity index (χ3n) is 14.2. The lowest BCUT2D eigenvalue weighted by Gasteiger charge is -2.35. The topological polar surface area (TPSA) is 16.4 Å². The lowest BCUT2D eigenvalue weighted by Crippen LogP contribution is -2.28. The Labute approximate surface area is 402 Å². The van der Waals surface area contributed by atoms with E-state index in [-0.39, 0.29) is 0 Å². The minimum absolute atomic E-state index is 0.565. The van der Waals surface area contributed by atoms with Crippen molar-refractivity contribution in [2.45, 2.75) is 5.41 Å². The average molecular weight is 880 g/mol. The van der Waals surface area contributed by atoms with Crippen molar-refractivity contribution in [3.63, 3.8) is 0 Å². The predicted octanol–water partition coefficient (Wildman–Crippen LogP) is 18.1. The van der Waals surface area contributed by atoms with Crippen LogP contribution >= 0.6 is 0 Å². The first kappa shape index (κ1) is 40.3. The Morgan fingerprint density at radius 1 is 0.290 bits per heavy atom. The SMILES string of the molecule is c1ccc(-c2ccccc2-c2c(-c3ccccc3)cccc2N(c2ccc(-c3ccc4oc5ccccc5c4c3)cc2)c2ccc3c(c2)C(c2ccccc2)(c2ccccc2)c2ccccc2-3)cc1. The first-order valence-electron chi connectivity index (χ1n) is 23.7. The van der Waals surface area contributed by atoms with Gasteiger partial charge >= 0.3 is 0 Å². The largest absolute Gasteiger partial charge is 0.456 e. The molecule has 1 aromatic heterocycles. The van der Waals surface area contributed by atoms with Crippen LogP contribution in [0.15, 0.2) is 277 Å². The van der Waals surface area contributed by atoms with E-state index in [4.69, 9.17) is 4.42 Å². The lowest BCUT2D eigenvalue weighted by atomic mass is 9.67. The third-order valence-corrected chi connectivity index (χ3v) is 14.2. The summed E-state index contributed by atoms with van der Waals surface area (Å²) in [4.78, 5) is 2.49. The van der Waals surface area contributed by atoms with Gasteiger partial charge in [-0.25, -0.2) is 0 Å². The molecule has 12 aromatic rings. The van der Waals surface area contributed by atoms with Crippen molar-refractivity contribution >= 4 is 39.0 Å². The molecule has 0 bridgehead atoms. The summed E-state index contributed by atoms with van der Waals surface area (Å²) in [6.45, 7) is 0. The van der Waals surface area contributed by atoms with Gasteiger partial charge in [0.05, 0.1) is 11.1 Å². The molecule has 0 atom stereocenters. The molecule has 2 heteroatoms. The van der Waals surface area contributed by atoms with Crippen LogP contribution in [0.3, 0.4) is 0 Å². The van der Waals surface area contributed by atoms with E-state index < -0.39 is 5.41 Å². The van der Waals surface area contributed by atoms with Gasteiger partial charge in [0, 0.05) is 27.7 Å². The van der Waals surface area contributed by atoms with E-state index in [9.17, 15) is 0 Å². The quantitative estimate of drug-likeness (QED) is 0.144. The molecule has 0 spiro atoms. The summed E-state index contributed by atoms with van der Waals surface area (Å²) < 4.78 is 6.23. The molecule has 324 valence electrons. The molecular weight excluding hydrogens is 835 g/mol. The van der Waals surface area contributed by atoms with Gasteiger partial charge in [0.1, 0.15) is 11.2 Å². The molecule has 0 radical (unpaired) electrons. The number of fused-ring (bicyclic) bond motifs is 6. The van der Waals surface area contributed by atoms with Gasteiger partial charge in [0.2, 0.25) is 0 Å². The van der Waals surface area contributed by atoms with Crippen molar-refractivity contribution in [2.24, 2.45) is 0 Å². The molecule has 1 heterocycles. The summed E-state index contributed by atoms with van der Waals surface area (Å²) in [5.74, 6) is 0. The minimum Gasteiger partial charge on any atom is -0.456 e. The number of hydrogen-bond acceptors (Lipinski definition) is 2. The zero-order valence-electron chi connectivity index (χ0n) is 37.8. The maximum atomic E-state index is 6.23. The molecule has 1 aliphatic rings. The van der Waals surface area contributed by atoms with Crippen molar-refractivity contribution in [2.75, 3.05) is 4.90 Å². The molecule has 11 aromatic carbocycles. The van der Waals surface area contributed by atoms with Gasteiger partial charge in [-0.2, -0.15) is 0 Å². The zero-order valence-corrected chi connectivity index (χ0v) is 37.8. The molecule has 1 aliphatic carbocycles. The number of para-hydroxylation sites is 1. The summed E-state index contributed by atoms with van der Waals surface area (Å²) in [5.41, 5.74) is 21.2. The van der Waals surface area contributed by atoms with Gasteiger partial charge in [-0.15, -0.1) is 0 Å². The molecule has 2 nitrogen and oxygen atoms in total. The van der Waals surface area contributed by atoms with Gasteiger partial charge in [0.25, 0.3) is 0 Å². The van der Waals surface area contributed by atoms with Crippen molar-refractivity contribution in [1.82, 2.24) is 0 Å². The number of rotatable bonds is 9. The van der Waals surface area contributed by atoms with E-state index in [1.807, 2.05) is 12.1 Å². The Kier molecular flexibility index (Phi) is 9.77. The summed E-state index contributed by atoms with van der Waals surface area (Å²) in [7, 11) is 0. The normalized spacial score (nSPS) is 12.5. The van der Waals surface area contributed by atoms with Gasteiger partial charge < -0.3 is 9.32 Å². The average Bonchev–Trinajstić information content (AvgIpc) is 3.95. The molecule has 0 N–H and O–H groups in total. The van der Waals surface area contributed by atoms with Crippen molar-refractivity contribution < 1.29 is 4.42 Å². The fourth-order valence-electron chi connectivity index (χ4n) is 11.1. The maximum absolute atomic E-state index is 6.23. The molecule has 0 amide bonds. The molecule has 0 fully saturated rings. The van der Waals surface area contributed by atoms with Crippen LogP contribution in [0.1, 0.15) is 22.3 Å². The highest BCUT2D eigenvalue weighted by atomic mass is 16.3. The van der Waals surface area contributed by atoms with Crippen LogP contribution in [0.2, 0.25) is 0 Å². The Hall–Kier alpha value is -8.98. The summed E-state index contributed by atoms with van der Waals surface area (Å²) in [6, 6.07) is 99.6. The van der Waals surface area contributed by atoms with Gasteiger partial charge in [0.15, 0.2) is 0 Å². The summed E-state index contributed by atoms with van der Waals surface area (Å²) in [6.07, 6.45) is 0. The van der Waals surface area contributed by atoms with Crippen molar-refractivity contribution in [1.29, 1.82) is 0 Å². The standard InChI is InChI=1S/C67H45NO/c1-5-20-47(21-6-1)54-28-13-14-31-59(54)66-55(48-22-7-2-8-23-48)32-19-34-63(66)68(52-39-36-46(37-40-52)49-38-43-65-60(44-49)58-30-16-18-35-64(58)69-65)53-41-42-57-56-29-15-17-33-61(56)67(62(57)45-53,50-24-9-3-10-25-50)51-26-11-4-12-27-51/h1-45H. The number of benzene rings is 11. The molecule has 0 saturated heterocycles. The Morgan fingerprint density at radius 3 is 1.52 bits per heavy atom. The smallest absolute Gasteiger partial charge is 0.135 e. The fraction of sp³-hybridized carbons (Fsp3) is 0.0149. The number of furan rings is 1. The van der Waals surface area contributed by atoms with Gasteiger partial charge in [-0.1, -0.05) is 224 Å². The third kappa shape index (κ3) is 6.64. The second-order valence-electron chi connectivity index (χ2n) is 17.9. The van der Waals surface area contributed by atoms with Crippen LogP contribution < -0.4 is 4.90 Å². The Morgan fingerprint density at radius 2 is 0.812 bits per heavy atom. The molecular formula is C67H45NO. The van der Waals surface area contributed by atoms with Crippen LogP contribution in [-0.4, -0.2) is 0 Å². The van der Waals surface area contributed by atoms with Gasteiger partial charge in [-0.05, 0) is 121 Å². The van der Waals surface area contributed by atoms with Crippen LogP contribution in [0, 0.1) is 0 Å². The van der Waals surface area contributed by atoms with E-state index >= 15 is 0 Å². The van der Waals surface area contributed by atoms with E-state index in [1.165, 1.54) is 44.5 Å². The highest BCUT2D eigenvalue weighted by molar-refractivity contribution is 6.06. The lowest BCUT2D eigenvalue weighted by molar-refractivity contribution is 0.669. The second-order valence-corrected chi connectivity index (χ2v) is 17.9. The first-order valence-corrected chi connectivity index (χ1v) is 23.7. The van der Waals surface area contributed by atoms with E-state index in [2.05, 4.69) is 266 Å². The van der Waals surface area contributed by atoms with Gasteiger partial charge in [-0.3, -0.25) is 0 Å². The Bertz CT molecular complexity index is 3780. The van der Waals surface area contributed by atoms with E-state index in [0.717, 1.165) is 72.4 Å². The van der Waals surface area contributed by atoms with Crippen molar-refractivity contribution in [3.8, 4) is 55.6 Å². The highest BCUT2D eigenvalue weighted by Crippen LogP contribution is 2.58. The predicted molar refractivity (Wildman–Crippen MR) is 287 cm³/mol. The molecule has 13 rings (SSSR count). The monoisotopic (exact) mass is 879 g/mol. The first-order chi connectivity index (χ1) is 34.2. The summed E-state index contributed by atoms with van der Waals surface area (Å²) in [5, 5.41) is 2.24. The van der Waals surface area contributed by atoms with E-state index in [0.29, 0.717) is 0 Å². The van der Waals surface area contributed by atoms with Crippen LogP contribution in [0.5, 0.6) is 0 Å². The Balaban J connectivity index is 1.08. The zero-order chi connectivity index (χ0) is 45.7. The fourth-order valence-corrected chi connectivity index (χ4v) is 11.1. The summed E-state index contributed by atoms with van der Waals surface area (Å²) >= 11 is 0. The van der Waals surface area contributed by atoms with E-state index in [1.54, 1.807) is 0 Å².